The quantitative estimate of drug-likeness (QED) is 0.486. The first-order chi connectivity index (χ1) is 8.91. The van der Waals surface area contributed by atoms with Gasteiger partial charge in [-0.15, -0.1) is 0 Å². The molecule has 0 heterocycles. The first-order valence-corrected chi connectivity index (χ1v) is 10.9. The minimum atomic E-state index is -1.80. The van der Waals surface area contributed by atoms with E-state index in [-0.39, 0.29) is 0 Å². The van der Waals surface area contributed by atoms with E-state index < -0.39 is 7.38 Å². The number of aryl methyl sites for hydroxylation is 2. The van der Waals surface area contributed by atoms with E-state index in [1.54, 1.807) is 0 Å². The third-order valence-electron chi connectivity index (χ3n) is 4.17. The first kappa shape index (κ1) is 13.0. The molecule has 2 aromatic rings. The van der Waals surface area contributed by atoms with E-state index >= 15 is 0 Å². The summed E-state index contributed by atoms with van der Waals surface area (Å²) in [5.41, 5.74) is 8.89. The molecule has 0 saturated heterocycles. The fourth-order valence-corrected chi connectivity index (χ4v) is 6.12. The summed E-state index contributed by atoms with van der Waals surface area (Å²) in [4.78, 5) is 0. The van der Waals surface area contributed by atoms with Crippen LogP contribution in [0.2, 0.25) is 13.1 Å². The Morgan fingerprint density at radius 2 is 1.26 bits per heavy atom. The van der Waals surface area contributed by atoms with Crippen molar-refractivity contribution in [2.24, 2.45) is 0 Å². The number of hydrogen-bond acceptors (Lipinski definition) is 0. The van der Waals surface area contributed by atoms with Gasteiger partial charge in [0.2, 0.25) is 0 Å². The molecule has 19 heavy (non-hydrogen) atoms. The Morgan fingerprint density at radius 1 is 0.842 bits per heavy atom. The molecule has 0 fully saturated rings. The minimum Gasteiger partial charge on any atom is -0.167 e. The van der Waals surface area contributed by atoms with E-state index in [9.17, 15) is 0 Å². The third-order valence-corrected chi connectivity index (χ3v) is 6.82. The lowest BCUT2D eigenvalue weighted by Crippen LogP contribution is -2.27. The van der Waals surface area contributed by atoms with E-state index in [1.807, 2.05) is 0 Å². The monoisotopic (exact) mass is 286 g/mol. The summed E-state index contributed by atoms with van der Waals surface area (Å²) < 4.78 is 0. The van der Waals surface area contributed by atoms with Gasteiger partial charge in [-0.3, -0.25) is 0 Å². The summed E-state index contributed by atoms with van der Waals surface area (Å²) in [6, 6.07) is 13.3. The van der Waals surface area contributed by atoms with Crippen molar-refractivity contribution in [1.29, 1.82) is 0 Å². The van der Waals surface area contributed by atoms with Gasteiger partial charge in [-0.25, -0.2) is 0 Å². The maximum absolute atomic E-state index is 6.84. The van der Waals surface area contributed by atoms with Crippen LogP contribution in [0.5, 0.6) is 0 Å². The summed E-state index contributed by atoms with van der Waals surface area (Å²) >= 11 is 6.84. The Labute approximate surface area is 121 Å². The molecule has 0 aliphatic heterocycles. The molecule has 0 nitrogen and oxygen atoms in total. The van der Waals surface area contributed by atoms with Crippen LogP contribution in [0.15, 0.2) is 36.4 Å². The highest BCUT2D eigenvalue weighted by atomic mass is 35.6. The Kier molecular flexibility index (Phi) is 2.88. The van der Waals surface area contributed by atoms with E-state index in [4.69, 9.17) is 11.1 Å². The van der Waals surface area contributed by atoms with Crippen molar-refractivity contribution in [3.8, 4) is 11.1 Å². The van der Waals surface area contributed by atoms with Crippen LogP contribution in [0, 0.1) is 13.8 Å². The number of hydrogen-bond donors (Lipinski definition) is 0. The summed E-state index contributed by atoms with van der Waals surface area (Å²) in [6.07, 6.45) is 0. The SMILES string of the molecule is Cc1cccc2c1-c1c(C)cccc1C2[Si](C)(C)Cl. The summed E-state index contributed by atoms with van der Waals surface area (Å²) in [6.45, 7) is 8.92. The van der Waals surface area contributed by atoms with E-state index in [0.29, 0.717) is 5.54 Å². The Bertz CT molecular complexity index is 601. The summed E-state index contributed by atoms with van der Waals surface area (Å²) in [5.74, 6) is 0. The van der Waals surface area contributed by atoms with Crippen molar-refractivity contribution in [2.45, 2.75) is 32.5 Å². The van der Waals surface area contributed by atoms with Gasteiger partial charge < -0.3 is 0 Å². The lowest BCUT2D eigenvalue weighted by Gasteiger charge is -2.24. The van der Waals surface area contributed by atoms with Crippen LogP contribution in [0.4, 0.5) is 0 Å². The van der Waals surface area contributed by atoms with E-state index in [0.717, 1.165) is 0 Å². The van der Waals surface area contributed by atoms with Crippen LogP contribution in [0.1, 0.15) is 27.8 Å². The van der Waals surface area contributed by atoms with Gasteiger partial charge in [0.15, 0.2) is 7.38 Å². The third kappa shape index (κ3) is 1.87. The largest absolute Gasteiger partial charge is 0.167 e. The van der Waals surface area contributed by atoms with Gasteiger partial charge in [0.25, 0.3) is 0 Å². The smallest absolute Gasteiger partial charge is 0.162 e. The lowest BCUT2D eigenvalue weighted by molar-refractivity contribution is 1.14. The van der Waals surface area contributed by atoms with Crippen LogP contribution >= 0.6 is 11.1 Å². The molecular formula is C17H19ClSi. The molecule has 0 amide bonds. The maximum Gasteiger partial charge on any atom is 0.162 e. The van der Waals surface area contributed by atoms with Crippen molar-refractivity contribution in [3.05, 3.63) is 58.7 Å². The van der Waals surface area contributed by atoms with Gasteiger partial charge in [-0.1, -0.05) is 49.5 Å². The molecule has 2 aromatic carbocycles. The second-order valence-corrected chi connectivity index (χ2v) is 12.7. The molecule has 0 spiro atoms. The average Bonchev–Trinajstić information content (AvgIpc) is 2.65. The molecule has 2 heteroatoms. The molecule has 0 unspecified atom stereocenters. The van der Waals surface area contributed by atoms with E-state index in [1.165, 1.54) is 33.4 Å². The number of fused-ring (bicyclic) bond motifs is 3. The summed E-state index contributed by atoms with van der Waals surface area (Å²) in [7, 11) is -1.80. The fraction of sp³-hybridized carbons (Fsp3) is 0.294. The molecule has 1 aliphatic rings. The predicted octanol–water partition coefficient (Wildman–Crippen LogP) is 5.40. The minimum absolute atomic E-state index is 0.416. The molecule has 0 aromatic heterocycles. The predicted molar refractivity (Wildman–Crippen MR) is 86.5 cm³/mol. The van der Waals surface area contributed by atoms with Crippen molar-refractivity contribution >= 4 is 18.5 Å². The van der Waals surface area contributed by atoms with Crippen molar-refractivity contribution in [1.82, 2.24) is 0 Å². The Balaban J connectivity index is 2.40. The fourth-order valence-electron chi connectivity index (χ4n) is 3.45. The Morgan fingerprint density at radius 3 is 1.63 bits per heavy atom. The molecule has 0 atom stereocenters. The van der Waals surface area contributed by atoms with E-state index in [2.05, 4.69) is 63.3 Å². The second-order valence-electron chi connectivity index (χ2n) is 6.08. The number of halogens is 1. The lowest BCUT2D eigenvalue weighted by atomic mass is 9.97. The van der Waals surface area contributed by atoms with Crippen LogP contribution in [-0.4, -0.2) is 7.38 Å². The zero-order valence-corrected chi connectivity index (χ0v) is 13.7. The van der Waals surface area contributed by atoms with Gasteiger partial charge in [0.05, 0.1) is 0 Å². The zero-order chi connectivity index (χ0) is 13.8. The van der Waals surface area contributed by atoms with Gasteiger partial charge in [-0.05, 0) is 47.2 Å². The molecule has 0 N–H and O–H groups in total. The van der Waals surface area contributed by atoms with Crippen LogP contribution in [0.25, 0.3) is 11.1 Å². The van der Waals surface area contributed by atoms with Gasteiger partial charge in [-0.2, -0.15) is 11.1 Å². The highest BCUT2D eigenvalue weighted by Crippen LogP contribution is 2.51. The highest BCUT2D eigenvalue weighted by Gasteiger charge is 2.40. The molecule has 0 bridgehead atoms. The normalized spacial score (nSPS) is 14.4. The molecule has 0 radical (unpaired) electrons. The van der Waals surface area contributed by atoms with Crippen LogP contribution in [0.3, 0.4) is 0 Å². The number of rotatable bonds is 1. The van der Waals surface area contributed by atoms with Gasteiger partial charge >= 0.3 is 0 Å². The average molecular weight is 287 g/mol. The molecular weight excluding hydrogens is 268 g/mol. The van der Waals surface area contributed by atoms with Crippen molar-refractivity contribution in [2.75, 3.05) is 0 Å². The summed E-state index contributed by atoms with van der Waals surface area (Å²) in [5, 5.41) is 0. The van der Waals surface area contributed by atoms with Gasteiger partial charge in [0, 0.05) is 5.54 Å². The molecule has 3 rings (SSSR count). The van der Waals surface area contributed by atoms with Crippen LogP contribution < -0.4 is 0 Å². The maximum atomic E-state index is 6.84. The molecule has 0 saturated carbocycles. The number of benzene rings is 2. The standard InChI is InChI=1S/C17H19ClSi/c1-11-7-5-9-13-15(11)16-12(2)8-6-10-14(16)17(13)19(3,4)18/h5-10,17H,1-4H3. The molecule has 1 aliphatic carbocycles. The topological polar surface area (TPSA) is 0 Å². The Hall–Kier alpha value is -1.05. The highest BCUT2D eigenvalue weighted by molar-refractivity contribution is 7.20. The van der Waals surface area contributed by atoms with Crippen molar-refractivity contribution in [3.63, 3.8) is 0 Å². The first-order valence-electron chi connectivity index (χ1n) is 6.79. The zero-order valence-electron chi connectivity index (χ0n) is 11.9. The van der Waals surface area contributed by atoms with Gasteiger partial charge in [0.1, 0.15) is 0 Å². The second kappa shape index (κ2) is 4.22. The molecule has 98 valence electrons. The van der Waals surface area contributed by atoms with Crippen LogP contribution in [-0.2, 0) is 0 Å². The van der Waals surface area contributed by atoms with Crippen molar-refractivity contribution < 1.29 is 0 Å².